The fraction of sp³-hybridized carbons (Fsp3) is 0.0638. The summed E-state index contributed by atoms with van der Waals surface area (Å²) < 4.78 is 12.9. The number of fused-ring (bicyclic) bond motifs is 12. The van der Waals surface area contributed by atoms with Crippen molar-refractivity contribution in [2.24, 2.45) is 0 Å². The molecule has 0 fully saturated rings. The summed E-state index contributed by atoms with van der Waals surface area (Å²) in [6, 6.07) is 47.2. The Labute approximate surface area is 293 Å². The van der Waals surface area contributed by atoms with Crippen LogP contribution in [0.3, 0.4) is 0 Å². The fourth-order valence-electron chi connectivity index (χ4n) is 8.42. The molecule has 4 aromatic heterocycles. The molecule has 4 heteroatoms. The molecule has 0 unspecified atom stereocenters. The molecular formula is C47H30N2O2. The summed E-state index contributed by atoms with van der Waals surface area (Å²) in [5, 5.41) is 5.16. The van der Waals surface area contributed by atoms with Crippen molar-refractivity contribution < 1.29 is 8.83 Å². The van der Waals surface area contributed by atoms with E-state index in [2.05, 4.69) is 116 Å². The molecule has 0 atom stereocenters. The number of benzene rings is 6. The summed E-state index contributed by atoms with van der Waals surface area (Å²) in [7, 11) is 0. The van der Waals surface area contributed by atoms with E-state index in [1.807, 2.05) is 48.8 Å². The van der Waals surface area contributed by atoms with E-state index in [0.29, 0.717) is 0 Å². The normalized spacial score (nSPS) is 13.5. The van der Waals surface area contributed by atoms with Crippen LogP contribution in [0.1, 0.15) is 25.0 Å². The lowest BCUT2D eigenvalue weighted by Crippen LogP contribution is -2.15. The van der Waals surface area contributed by atoms with Crippen molar-refractivity contribution in [2.75, 3.05) is 0 Å². The Balaban J connectivity index is 1.04. The second-order valence-electron chi connectivity index (χ2n) is 14.2. The molecule has 0 N–H and O–H groups in total. The number of rotatable bonds is 3. The summed E-state index contributed by atoms with van der Waals surface area (Å²) in [5.41, 5.74) is 16.1. The van der Waals surface area contributed by atoms with Crippen molar-refractivity contribution in [3.05, 3.63) is 157 Å². The van der Waals surface area contributed by atoms with Crippen LogP contribution in [0.4, 0.5) is 0 Å². The van der Waals surface area contributed by atoms with E-state index in [4.69, 9.17) is 13.8 Å². The van der Waals surface area contributed by atoms with Crippen molar-refractivity contribution in [1.29, 1.82) is 0 Å². The molecule has 0 spiro atoms. The number of pyridine rings is 2. The van der Waals surface area contributed by atoms with Crippen LogP contribution in [0.5, 0.6) is 0 Å². The molecule has 1 aliphatic carbocycles. The molecule has 6 aromatic carbocycles. The average Bonchev–Trinajstić information content (AvgIpc) is 3.83. The summed E-state index contributed by atoms with van der Waals surface area (Å²) in [6.07, 6.45) is 3.76. The van der Waals surface area contributed by atoms with E-state index in [0.717, 1.165) is 71.6 Å². The van der Waals surface area contributed by atoms with E-state index >= 15 is 0 Å². The highest BCUT2D eigenvalue weighted by atomic mass is 16.3. The van der Waals surface area contributed by atoms with E-state index in [1.54, 1.807) is 0 Å². The molecule has 10 aromatic rings. The highest BCUT2D eigenvalue weighted by Gasteiger charge is 2.36. The average molecular weight is 655 g/mol. The maximum atomic E-state index is 6.68. The van der Waals surface area contributed by atoms with Crippen LogP contribution in [-0.2, 0) is 5.41 Å². The minimum absolute atomic E-state index is 0.131. The molecule has 0 saturated carbocycles. The quantitative estimate of drug-likeness (QED) is 0.190. The molecular weight excluding hydrogens is 625 g/mol. The van der Waals surface area contributed by atoms with Gasteiger partial charge >= 0.3 is 0 Å². The van der Waals surface area contributed by atoms with Crippen LogP contribution in [0, 0.1) is 0 Å². The van der Waals surface area contributed by atoms with Crippen LogP contribution in [0.25, 0.3) is 99.4 Å². The fourth-order valence-corrected chi connectivity index (χ4v) is 8.42. The van der Waals surface area contributed by atoms with Crippen molar-refractivity contribution in [1.82, 2.24) is 9.97 Å². The third kappa shape index (κ3) is 4.02. The molecule has 0 amide bonds. The van der Waals surface area contributed by atoms with Crippen molar-refractivity contribution in [3.8, 4) is 44.6 Å². The molecule has 11 rings (SSSR count). The van der Waals surface area contributed by atoms with E-state index in [1.165, 1.54) is 38.9 Å². The summed E-state index contributed by atoms with van der Waals surface area (Å²) >= 11 is 0. The van der Waals surface area contributed by atoms with Crippen molar-refractivity contribution in [2.45, 2.75) is 19.3 Å². The minimum atomic E-state index is -0.131. The second-order valence-corrected chi connectivity index (χ2v) is 14.2. The highest BCUT2D eigenvalue weighted by molar-refractivity contribution is 6.29. The number of aromatic nitrogens is 2. The van der Waals surface area contributed by atoms with Gasteiger partial charge in [-0.3, -0.25) is 4.98 Å². The van der Waals surface area contributed by atoms with Crippen LogP contribution in [0.15, 0.2) is 155 Å². The van der Waals surface area contributed by atoms with Crippen LogP contribution in [0.2, 0.25) is 0 Å². The van der Waals surface area contributed by atoms with E-state index < -0.39 is 0 Å². The Morgan fingerprint density at radius 3 is 1.82 bits per heavy atom. The standard InChI is InChI=1S/C47H30N2O2/c1-47(2)36-24-29(17-19-32(36)33-20-18-30(25-37(33)47)31-8-7-23-48-26-31)27-13-15-28(16-14-27)45-43-35-10-4-6-12-40(35)51-46(43)44-38(49-45)21-22-41-42(44)34-9-3-5-11-39(34)50-41/h3-26H,1-2H3. The molecule has 0 saturated heterocycles. The molecule has 4 nitrogen and oxygen atoms in total. The number of furan rings is 2. The zero-order valence-corrected chi connectivity index (χ0v) is 28.1. The van der Waals surface area contributed by atoms with Crippen molar-refractivity contribution >= 4 is 54.8 Å². The zero-order chi connectivity index (χ0) is 33.8. The summed E-state index contributed by atoms with van der Waals surface area (Å²) in [6.45, 7) is 4.67. The zero-order valence-electron chi connectivity index (χ0n) is 28.1. The highest BCUT2D eigenvalue weighted by Crippen LogP contribution is 2.51. The van der Waals surface area contributed by atoms with Gasteiger partial charge in [-0.25, -0.2) is 4.98 Å². The third-order valence-corrected chi connectivity index (χ3v) is 11.0. The van der Waals surface area contributed by atoms with Gasteiger partial charge < -0.3 is 8.83 Å². The monoisotopic (exact) mass is 654 g/mol. The lowest BCUT2D eigenvalue weighted by molar-refractivity contribution is 0.661. The molecule has 4 heterocycles. The largest absolute Gasteiger partial charge is 0.456 e. The van der Waals surface area contributed by atoms with Crippen molar-refractivity contribution in [3.63, 3.8) is 0 Å². The molecule has 240 valence electrons. The van der Waals surface area contributed by atoms with Crippen LogP contribution in [-0.4, -0.2) is 9.97 Å². The first-order valence-electron chi connectivity index (χ1n) is 17.4. The first kappa shape index (κ1) is 28.3. The molecule has 0 radical (unpaired) electrons. The topological polar surface area (TPSA) is 52.1 Å². The lowest BCUT2D eigenvalue weighted by Gasteiger charge is -2.22. The number of para-hydroxylation sites is 2. The molecule has 0 bridgehead atoms. The Kier molecular flexibility index (Phi) is 5.70. The van der Waals surface area contributed by atoms with Crippen LogP contribution >= 0.6 is 0 Å². The third-order valence-electron chi connectivity index (χ3n) is 11.0. The Hall–Kier alpha value is -6.52. The van der Waals surface area contributed by atoms with Gasteiger partial charge in [0.2, 0.25) is 0 Å². The molecule has 0 aliphatic heterocycles. The number of hydrogen-bond donors (Lipinski definition) is 0. The number of hydrogen-bond acceptors (Lipinski definition) is 4. The first-order chi connectivity index (χ1) is 25.0. The van der Waals surface area contributed by atoms with Gasteiger partial charge in [0.25, 0.3) is 0 Å². The first-order valence-corrected chi connectivity index (χ1v) is 17.4. The predicted octanol–water partition coefficient (Wildman–Crippen LogP) is 12.7. The summed E-state index contributed by atoms with van der Waals surface area (Å²) in [4.78, 5) is 9.69. The van der Waals surface area contributed by atoms with E-state index in [-0.39, 0.29) is 5.41 Å². The maximum Gasteiger partial charge on any atom is 0.147 e. The van der Waals surface area contributed by atoms with Gasteiger partial charge in [0.1, 0.15) is 22.3 Å². The number of nitrogens with zero attached hydrogens (tertiary/aromatic N) is 2. The van der Waals surface area contributed by atoms with Gasteiger partial charge in [0.15, 0.2) is 0 Å². The summed E-state index contributed by atoms with van der Waals surface area (Å²) in [5.74, 6) is 0. The molecule has 1 aliphatic rings. The predicted molar refractivity (Wildman–Crippen MR) is 208 cm³/mol. The Morgan fingerprint density at radius 1 is 0.490 bits per heavy atom. The van der Waals surface area contributed by atoms with Gasteiger partial charge in [0.05, 0.1) is 22.0 Å². The Morgan fingerprint density at radius 2 is 1.12 bits per heavy atom. The smallest absolute Gasteiger partial charge is 0.147 e. The Bertz CT molecular complexity index is 3040. The minimum Gasteiger partial charge on any atom is -0.456 e. The molecule has 51 heavy (non-hydrogen) atoms. The second kappa shape index (κ2) is 10.3. The van der Waals surface area contributed by atoms with Gasteiger partial charge in [0, 0.05) is 39.5 Å². The van der Waals surface area contributed by atoms with E-state index in [9.17, 15) is 0 Å². The van der Waals surface area contributed by atoms with Gasteiger partial charge in [-0.05, 0) is 87.0 Å². The lowest BCUT2D eigenvalue weighted by atomic mass is 9.81. The van der Waals surface area contributed by atoms with Crippen LogP contribution < -0.4 is 0 Å². The maximum absolute atomic E-state index is 6.68. The van der Waals surface area contributed by atoms with Gasteiger partial charge in [-0.1, -0.05) is 105 Å². The van der Waals surface area contributed by atoms with Gasteiger partial charge in [-0.15, -0.1) is 0 Å². The van der Waals surface area contributed by atoms with Gasteiger partial charge in [-0.2, -0.15) is 0 Å². The SMILES string of the molecule is CC1(C)c2cc(-c3ccc(-c4nc5ccc6oc7ccccc7c6c5c5oc6ccccc6c45)cc3)ccc2-c2ccc(-c3cccnc3)cc21.